The van der Waals surface area contributed by atoms with Crippen LogP contribution >= 0.6 is 0 Å². The Labute approximate surface area is 159 Å². The number of rotatable bonds is 6. The summed E-state index contributed by atoms with van der Waals surface area (Å²) in [7, 11) is -2.14. The van der Waals surface area contributed by atoms with Crippen molar-refractivity contribution in [1.82, 2.24) is 10.0 Å². The third-order valence-corrected chi connectivity index (χ3v) is 5.62. The lowest BCUT2D eigenvalue weighted by Crippen LogP contribution is -2.24. The summed E-state index contributed by atoms with van der Waals surface area (Å²) in [6.07, 6.45) is 0. The van der Waals surface area contributed by atoms with Crippen LogP contribution in [0.25, 0.3) is 0 Å². The maximum Gasteiger partial charge on any atom is 0.255 e. The fourth-order valence-corrected chi connectivity index (χ4v) is 3.59. The molecular weight excluding hydrogens is 366 g/mol. The number of benzene rings is 2. The molecule has 0 aliphatic heterocycles. The molecule has 0 aliphatic rings. The van der Waals surface area contributed by atoms with Gasteiger partial charge in [-0.3, -0.25) is 9.59 Å². The molecule has 8 heteroatoms. The fraction of sp³-hybridized carbons (Fsp3) is 0.263. The number of aryl methyl sites for hydroxylation is 2. The zero-order chi connectivity index (χ0) is 20.2. The standard InChI is InChI=1S/C19H23N3O4S/c1-5-21-27(25,26)15-9-7-12(2)16(11-15)19(24)22-17-10-14(18(23)20-4)8-6-13(17)3/h6-11,21H,5H2,1-4H3,(H,20,23)(H,22,24). The van der Waals surface area contributed by atoms with Crippen LogP contribution < -0.4 is 15.4 Å². The molecule has 2 aromatic carbocycles. The zero-order valence-corrected chi connectivity index (χ0v) is 16.5. The van der Waals surface area contributed by atoms with Gasteiger partial charge in [0.05, 0.1) is 4.90 Å². The van der Waals surface area contributed by atoms with Gasteiger partial charge in [0.1, 0.15) is 0 Å². The Bertz CT molecular complexity index is 984. The summed E-state index contributed by atoms with van der Waals surface area (Å²) in [5, 5.41) is 5.30. The summed E-state index contributed by atoms with van der Waals surface area (Å²) in [4.78, 5) is 24.6. The molecule has 0 spiro atoms. The van der Waals surface area contributed by atoms with Gasteiger partial charge in [-0.05, 0) is 49.2 Å². The number of hydrogen-bond acceptors (Lipinski definition) is 4. The number of hydrogen-bond donors (Lipinski definition) is 3. The molecule has 0 aromatic heterocycles. The van der Waals surface area contributed by atoms with E-state index in [9.17, 15) is 18.0 Å². The van der Waals surface area contributed by atoms with Crippen LogP contribution in [-0.2, 0) is 10.0 Å². The van der Waals surface area contributed by atoms with Crippen LogP contribution in [0.1, 0.15) is 38.8 Å². The van der Waals surface area contributed by atoms with E-state index in [4.69, 9.17) is 0 Å². The highest BCUT2D eigenvalue weighted by atomic mass is 32.2. The van der Waals surface area contributed by atoms with Crippen molar-refractivity contribution in [3.63, 3.8) is 0 Å². The van der Waals surface area contributed by atoms with Gasteiger partial charge in [-0.1, -0.05) is 19.1 Å². The second-order valence-electron chi connectivity index (χ2n) is 6.04. The van der Waals surface area contributed by atoms with Gasteiger partial charge in [0.2, 0.25) is 10.0 Å². The van der Waals surface area contributed by atoms with Gasteiger partial charge < -0.3 is 10.6 Å². The van der Waals surface area contributed by atoms with E-state index >= 15 is 0 Å². The summed E-state index contributed by atoms with van der Waals surface area (Å²) in [6, 6.07) is 9.38. The predicted molar refractivity (Wildman–Crippen MR) is 105 cm³/mol. The number of nitrogens with one attached hydrogen (secondary N) is 3. The van der Waals surface area contributed by atoms with E-state index < -0.39 is 15.9 Å². The Kier molecular flexibility index (Phi) is 6.35. The van der Waals surface area contributed by atoms with Crippen molar-refractivity contribution in [2.45, 2.75) is 25.7 Å². The fourth-order valence-electron chi connectivity index (χ4n) is 2.52. The quantitative estimate of drug-likeness (QED) is 0.704. The lowest BCUT2D eigenvalue weighted by molar-refractivity contribution is 0.0961. The molecule has 2 aromatic rings. The van der Waals surface area contributed by atoms with Crippen LogP contribution in [0.4, 0.5) is 5.69 Å². The van der Waals surface area contributed by atoms with E-state index in [1.807, 2.05) is 6.92 Å². The zero-order valence-electron chi connectivity index (χ0n) is 15.7. The van der Waals surface area contributed by atoms with Crippen LogP contribution in [-0.4, -0.2) is 33.8 Å². The van der Waals surface area contributed by atoms with Gasteiger partial charge in [0, 0.05) is 30.4 Å². The minimum atomic E-state index is -3.67. The van der Waals surface area contributed by atoms with E-state index in [2.05, 4.69) is 15.4 Å². The summed E-state index contributed by atoms with van der Waals surface area (Å²) < 4.78 is 26.8. The molecule has 0 unspecified atom stereocenters. The van der Waals surface area contributed by atoms with Crippen LogP contribution in [0.15, 0.2) is 41.3 Å². The maximum absolute atomic E-state index is 12.7. The molecular formula is C19H23N3O4S. The van der Waals surface area contributed by atoms with Gasteiger partial charge >= 0.3 is 0 Å². The van der Waals surface area contributed by atoms with Gasteiger partial charge in [-0.2, -0.15) is 0 Å². The molecule has 144 valence electrons. The average Bonchev–Trinajstić information content (AvgIpc) is 2.62. The van der Waals surface area contributed by atoms with E-state index in [0.29, 0.717) is 16.8 Å². The Hall–Kier alpha value is -2.71. The molecule has 0 saturated carbocycles. The highest BCUT2D eigenvalue weighted by molar-refractivity contribution is 7.89. The second-order valence-corrected chi connectivity index (χ2v) is 7.81. The first-order chi connectivity index (χ1) is 12.7. The van der Waals surface area contributed by atoms with Crippen molar-refractivity contribution >= 4 is 27.5 Å². The number of sulfonamides is 1. The number of amides is 2. The molecule has 0 fully saturated rings. The Balaban J connectivity index is 2.38. The van der Waals surface area contributed by atoms with Crippen molar-refractivity contribution in [1.29, 1.82) is 0 Å². The van der Waals surface area contributed by atoms with Crippen molar-refractivity contribution in [3.8, 4) is 0 Å². The minimum absolute atomic E-state index is 0.0240. The van der Waals surface area contributed by atoms with E-state index in [0.717, 1.165) is 5.56 Å². The van der Waals surface area contributed by atoms with Crippen LogP contribution in [0.3, 0.4) is 0 Å². The molecule has 0 saturated heterocycles. The highest BCUT2D eigenvalue weighted by Crippen LogP contribution is 2.21. The van der Waals surface area contributed by atoms with Crippen molar-refractivity contribution < 1.29 is 18.0 Å². The first kappa shape index (κ1) is 20.6. The minimum Gasteiger partial charge on any atom is -0.355 e. The topological polar surface area (TPSA) is 104 Å². The molecule has 27 heavy (non-hydrogen) atoms. The molecule has 2 amide bonds. The maximum atomic E-state index is 12.7. The summed E-state index contributed by atoms with van der Waals surface area (Å²) >= 11 is 0. The van der Waals surface area contributed by atoms with E-state index in [1.165, 1.54) is 19.2 Å². The summed E-state index contributed by atoms with van der Waals surface area (Å²) in [5.74, 6) is -0.710. The van der Waals surface area contributed by atoms with Gasteiger partial charge in [-0.25, -0.2) is 13.1 Å². The van der Waals surface area contributed by atoms with Crippen LogP contribution in [0, 0.1) is 13.8 Å². The largest absolute Gasteiger partial charge is 0.355 e. The molecule has 2 rings (SSSR count). The Morgan fingerprint density at radius 2 is 1.63 bits per heavy atom. The number of carbonyl (C=O) groups excluding carboxylic acids is 2. The van der Waals surface area contributed by atoms with Gasteiger partial charge in [0.25, 0.3) is 11.8 Å². The van der Waals surface area contributed by atoms with Crippen LogP contribution in [0.5, 0.6) is 0 Å². The smallest absolute Gasteiger partial charge is 0.255 e. The first-order valence-corrected chi connectivity index (χ1v) is 9.92. The summed E-state index contributed by atoms with van der Waals surface area (Å²) in [6.45, 7) is 5.47. The molecule has 0 aliphatic carbocycles. The molecule has 7 nitrogen and oxygen atoms in total. The van der Waals surface area contributed by atoms with E-state index in [-0.39, 0.29) is 22.9 Å². The first-order valence-electron chi connectivity index (χ1n) is 8.44. The predicted octanol–water partition coefficient (Wildman–Crippen LogP) is 2.21. The third-order valence-electron chi connectivity index (χ3n) is 4.07. The molecule has 0 radical (unpaired) electrons. The summed E-state index contributed by atoms with van der Waals surface area (Å²) in [5.41, 5.74) is 2.57. The SMILES string of the molecule is CCNS(=O)(=O)c1ccc(C)c(C(=O)Nc2cc(C(=O)NC)ccc2C)c1. The van der Waals surface area contributed by atoms with Crippen LogP contribution in [0.2, 0.25) is 0 Å². The normalized spacial score (nSPS) is 11.1. The lowest BCUT2D eigenvalue weighted by atomic mass is 10.1. The van der Waals surface area contributed by atoms with Crippen molar-refractivity contribution in [2.75, 3.05) is 18.9 Å². The molecule has 0 bridgehead atoms. The monoisotopic (exact) mass is 389 g/mol. The number of anilines is 1. The lowest BCUT2D eigenvalue weighted by Gasteiger charge is -2.13. The number of carbonyl (C=O) groups is 2. The Morgan fingerprint density at radius 1 is 0.963 bits per heavy atom. The van der Waals surface area contributed by atoms with Crippen molar-refractivity contribution in [3.05, 3.63) is 58.7 Å². The van der Waals surface area contributed by atoms with Gasteiger partial charge in [-0.15, -0.1) is 0 Å². The highest BCUT2D eigenvalue weighted by Gasteiger charge is 2.18. The molecule has 3 N–H and O–H groups in total. The third kappa shape index (κ3) is 4.72. The van der Waals surface area contributed by atoms with Gasteiger partial charge in [0.15, 0.2) is 0 Å². The Morgan fingerprint density at radius 3 is 2.26 bits per heavy atom. The average molecular weight is 389 g/mol. The molecule has 0 heterocycles. The second kappa shape index (κ2) is 8.32. The van der Waals surface area contributed by atoms with Crippen molar-refractivity contribution in [2.24, 2.45) is 0 Å². The molecule has 0 atom stereocenters. The van der Waals surface area contributed by atoms with E-state index in [1.54, 1.807) is 38.1 Å².